The van der Waals surface area contributed by atoms with E-state index in [0.29, 0.717) is 6.61 Å². The Balaban J connectivity index is 2.52. The molecular weight excluding hydrogens is 164 g/mol. The number of esters is 1. The molecule has 0 atom stereocenters. The van der Waals surface area contributed by atoms with E-state index in [1.54, 1.807) is 6.92 Å². The van der Waals surface area contributed by atoms with Gasteiger partial charge in [0.2, 0.25) is 0 Å². The lowest BCUT2D eigenvalue weighted by Gasteiger charge is -1.96. The third-order valence-corrected chi connectivity index (χ3v) is 1.10. The van der Waals surface area contributed by atoms with Crippen molar-refractivity contribution in [3.05, 3.63) is 16.4 Å². The maximum Gasteiger partial charge on any atom is 0.438 e. The van der Waals surface area contributed by atoms with Crippen LogP contribution >= 0.6 is 0 Å². The first-order valence-electron chi connectivity index (χ1n) is 3.43. The third-order valence-electron chi connectivity index (χ3n) is 1.10. The Morgan fingerprint density at radius 3 is 3.00 bits per heavy atom. The van der Waals surface area contributed by atoms with Gasteiger partial charge in [0.1, 0.15) is 6.42 Å². The van der Waals surface area contributed by atoms with Crippen molar-refractivity contribution in [2.45, 2.75) is 13.3 Å². The average molecular weight is 172 g/mol. The SMILES string of the molecule is CCOC(=O)Cc1noc(=O)[nH]1. The van der Waals surface area contributed by atoms with Gasteiger partial charge in [-0.3, -0.25) is 14.3 Å². The topological polar surface area (TPSA) is 85.2 Å². The lowest BCUT2D eigenvalue weighted by atomic mass is 10.4. The third kappa shape index (κ3) is 2.22. The predicted molar refractivity (Wildman–Crippen MR) is 37.5 cm³/mol. The van der Waals surface area contributed by atoms with Crippen LogP contribution < -0.4 is 5.76 Å². The van der Waals surface area contributed by atoms with Gasteiger partial charge in [-0.15, -0.1) is 0 Å². The van der Waals surface area contributed by atoms with Gasteiger partial charge >= 0.3 is 11.7 Å². The zero-order valence-electron chi connectivity index (χ0n) is 6.49. The first-order valence-corrected chi connectivity index (χ1v) is 3.43. The molecule has 0 aliphatic rings. The number of hydrogen-bond donors (Lipinski definition) is 1. The Hall–Kier alpha value is -1.59. The molecule has 0 unspecified atom stereocenters. The van der Waals surface area contributed by atoms with Crippen LogP contribution in [0.5, 0.6) is 0 Å². The molecule has 6 heteroatoms. The Bertz CT molecular complexity index is 313. The summed E-state index contributed by atoms with van der Waals surface area (Å²) in [7, 11) is 0. The molecule has 12 heavy (non-hydrogen) atoms. The Morgan fingerprint density at radius 1 is 1.75 bits per heavy atom. The molecule has 0 radical (unpaired) electrons. The van der Waals surface area contributed by atoms with E-state index in [4.69, 9.17) is 0 Å². The fourth-order valence-electron chi connectivity index (χ4n) is 0.685. The smallest absolute Gasteiger partial charge is 0.438 e. The minimum absolute atomic E-state index is 0.0699. The summed E-state index contributed by atoms with van der Waals surface area (Å²) in [5, 5.41) is 3.29. The van der Waals surface area contributed by atoms with Gasteiger partial charge in [-0.05, 0) is 6.92 Å². The maximum absolute atomic E-state index is 10.8. The molecule has 66 valence electrons. The molecule has 1 heterocycles. The van der Waals surface area contributed by atoms with Gasteiger partial charge in [0, 0.05) is 0 Å². The van der Waals surface area contributed by atoms with E-state index >= 15 is 0 Å². The maximum atomic E-state index is 10.8. The number of aromatic amines is 1. The Labute approximate surface area is 67.5 Å². The molecule has 1 aromatic heterocycles. The highest BCUT2D eigenvalue weighted by atomic mass is 16.5. The second kappa shape index (κ2) is 3.70. The summed E-state index contributed by atoms with van der Waals surface area (Å²) in [6.07, 6.45) is -0.0699. The molecule has 0 fully saturated rings. The van der Waals surface area contributed by atoms with Gasteiger partial charge in [-0.2, -0.15) is 0 Å². The largest absolute Gasteiger partial charge is 0.466 e. The number of carbonyl (C=O) groups is 1. The Morgan fingerprint density at radius 2 is 2.50 bits per heavy atom. The minimum Gasteiger partial charge on any atom is -0.466 e. The van der Waals surface area contributed by atoms with Crippen molar-refractivity contribution in [2.75, 3.05) is 6.61 Å². The van der Waals surface area contributed by atoms with E-state index in [-0.39, 0.29) is 12.2 Å². The summed E-state index contributed by atoms with van der Waals surface area (Å²) < 4.78 is 8.79. The summed E-state index contributed by atoms with van der Waals surface area (Å²) in [5.74, 6) is -0.935. The molecule has 0 aliphatic heterocycles. The van der Waals surface area contributed by atoms with E-state index < -0.39 is 11.7 Å². The molecule has 0 aromatic carbocycles. The van der Waals surface area contributed by atoms with E-state index in [0.717, 1.165) is 0 Å². The second-order valence-corrected chi connectivity index (χ2v) is 2.02. The van der Waals surface area contributed by atoms with Gasteiger partial charge in [-0.25, -0.2) is 4.79 Å². The lowest BCUT2D eigenvalue weighted by Crippen LogP contribution is -2.09. The fraction of sp³-hybridized carbons (Fsp3) is 0.500. The number of ether oxygens (including phenoxy) is 1. The van der Waals surface area contributed by atoms with Crippen molar-refractivity contribution >= 4 is 5.97 Å². The number of nitrogens with one attached hydrogen (secondary N) is 1. The zero-order valence-corrected chi connectivity index (χ0v) is 6.49. The number of carbonyl (C=O) groups excluding carboxylic acids is 1. The number of nitrogens with zero attached hydrogens (tertiary/aromatic N) is 1. The molecule has 0 saturated heterocycles. The van der Waals surface area contributed by atoms with Gasteiger partial charge in [0.15, 0.2) is 5.82 Å². The van der Waals surface area contributed by atoms with Crippen molar-refractivity contribution in [2.24, 2.45) is 0 Å². The van der Waals surface area contributed by atoms with Gasteiger partial charge in [0.05, 0.1) is 6.61 Å². The van der Waals surface area contributed by atoms with Gasteiger partial charge in [0.25, 0.3) is 0 Å². The molecule has 1 N–H and O–H groups in total. The van der Waals surface area contributed by atoms with Crippen molar-refractivity contribution in [3.8, 4) is 0 Å². The number of rotatable bonds is 3. The van der Waals surface area contributed by atoms with Gasteiger partial charge < -0.3 is 4.74 Å². The molecular formula is C6H8N2O4. The Kier molecular flexibility index (Phi) is 2.62. The fourth-order valence-corrected chi connectivity index (χ4v) is 0.685. The van der Waals surface area contributed by atoms with Crippen molar-refractivity contribution in [1.82, 2.24) is 10.1 Å². The van der Waals surface area contributed by atoms with Crippen LogP contribution in [0.2, 0.25) is 0 Å². The minimum atomic E-state index is -0.672. The van der Waals surface area contributed by atoms with E-state index in [1.165, 1.54) is 0 Å². The number of aromatic nitrogens is 2. The van der Waals surface area contributed by atoms with Crippen LogP contribution in [0.15, 0.2) is 9.32 Å². The summed E-state index contributed by atoms with van der Waals surface area (Å²) >= 11 is 0. The highest BCUT2D eigenvalue weighted by molar-refractivity contribution is 5.71. The lowest BCUT2D eigenvalue weighted by molar-refractivity contribution is -0.142. The van der Waals surface area contributed by atoms with E-state index in [2.05, 4.69) is 19.4 Å². The monoisotopic (exact) mass is 172 g/mol. The quantitative estimate of drug-likeness (QED) is 0.619. The second-order valence-electron chi connectivity index (χ2n) is 2.02. The van der Waals surface area contributed by atoms with Crippen molar-refractivity contribution in [3.63, 3.8) is 0 Å². The normalized spacial score (nSPS) is 9.75. The molecule has 1 aromatic rings. The summed E-state index contributed by atoms with van der Waals surface area (Å²) in [6, 6.07) is 0. The molecule has 0 spiro atoms. The van der Waals surface area contributed by atoms with E-state index in [1.807, 2.05) is 0 Å². The highest BCUT2D eigenvalue weighted by Gasteiger charge is 2.07. The molecule has 0 saturated carbocycles. The molecule has 0 amide bonds. The van der Waals surface area contributed by atoms with Gasteiger partial charge in [-0.1, -0.05) is 5.16 Å². The summed E-state index contributed by atoms with van der Waals surface area (Å²) in [4.78, 5) is 23.4. The molecule has 0 bridgehead atoms. The molecule has 1 rings (SSSR count). The average Bonchev–Trinajstić information content (AvgIpc) is 2.36. The summed E-state index contributed by atoms with van der Waals surface area (Å²) in [6.45, 7) is 2.00. The van der Waals surface area contributed by atoms with Crippen LogP contribution in [0.4, 0.5) is 0 Å². The first-order chi connectivity index (χ1) is 5.72. The molecule has 6 nitrogen and oxygen atoms in total. The van der Waals surface area contributed by atoms with E-state index in [9.17, 15) is 9.59 Å². The standard InChI is InChI=1S/C6H8N2O4/c1-2-11-5(9)3-4-7-6(10)12-8-4/h2-3H2,1H3,(H,7,8,10). The van der Waals surface area contributed by atoms with Crippen LogP contribution in [0.1, 0.15) is 12.7 Å². The number of hydrogen-bond acceptors (Lipinski definition) is 5. The summed E-state index contributed by atoms with van der Waals surface area (Å²) in [5.41, 5.74) is 0. The first kappa shape index (κ1) is 8.51. The highest BCUT2D eigenvalue weighted by Crippen LogP contribution is 1.89. The zero-order chi connectivity index (χ0) is 8.97. The van der Waals surface area contributed by atoms with Crippen LogP contribution in [0.3, 0.4) is 0 Å². The van der Waals surface area contributed by atoms with Crippen molar-refractivity contribution < 1.29 is 14.1 Å². The van der Waals surface area contributed by atoms with Crippen LogP contribution in [-0.4, -0.2) is 22.7 Å². The van der Waals surface area contributed by atoms with Crippen LogP contribution in [-0.2, 0) is 16.0 Å². The van der Waals surface area contributed by atoms with Crippen LogP contribution in [0.25, 0.3) is 0 Å². The predicted octanol–water partition coefficient (Wildman–Crippen LogP) is -0.532. The van der Waals surface area contributed by atoms with Crippen LogP contribution in [0, 0.1) is 0 Å². The number of H-pyrrole nitrogens is 1. The van der Waals surface area contributed by atoms with Crippen molar-refractivity contribution in [1.29, 1.82) is 0 Å². The molecule has 0 aliphatic carbocycles.